The molecule has 0 radical (unpaired) electrons. The van der Waals surface area contributed by atoms with Gasteiger partial charge in [-0.2, -0.15) is 13.1 Å². The van der Waals surface area contributed by atoms with Crippen LogP contribution < -0.4 is 14.8 Å². The lowest BCUT2D eigenvalue weighted by molar-refractivity contribution is 0.494. The van der Waals surface area contributed by atoms with Crippen molar-refractivity contribution in [3.8, 4) is 0 Å². The second-order valence-corrected chi connectivity index (χ2v) is 7.59. The van der Waals surface area contributed by atoms with Crippen molar-refractivity contribution in [1.29, 1.82) is 0 Å². The Balaban J connectivity index is 2.73. The minimum atomic E-state index is -3.59. The number of rotatable bonds is 6. The molecule has 0 amide bonds. The zero-order chi connectivity index (χ0) is 14.7. The lowest BCUT2D eigenvalue weighted by Crippen LogP contribution is -2.43. The number of aromatic nitrogens is 1. The van der Waals surface area contributed by atoms with Crippen LogP contribution in [0.1, 0.15) is 46.4 Å². The van der Waals surface area contributed by atoms with Crippen molar-refractivity contribution in [1.82, 2.24) is 15.0 Å². The van der Waals surface area contributed by atoms with E-state index in [4.69, 9.17) is 0 Å². The maximum atomic E-state index is 11.8. The van der Waals surface area contributed by atoms with E-state index in [1.807, 2.05) is 19.2 Å². The van der Waals surface area contributed by atoms with Crippen LogP contribution in [0.2, 0.25) is 0 Å². The molecule has 0 saturated heterocycles. The fraction of sp³-hybridized carbons (Fsp3) is 0.727. The van der Waals surface area contributed by atoms with Crippen LogP contribution in [0.3, 0.4) is 0 Å². The molecular weight excluding hydrogens is 284 g/mol. The summed E-state index contributed by atoms with van der Waals surface area (Å²) in [7, 11) is -3.59. The molecule has 1 unspecified atom stereocenters. The van der Waals surface area contributed by atoms with Crippen LogP contribution >= 0.6 is 11.3 Å². The third-order valence-corrected chi connectivity index (χ3v) is 4.39. The van der Waals surface area contributed by atoms with Gasteiger partial charge in [-0.05, 0) is 34.2 Å². The Bertz CT molecular complexity index is 505. The van der Waals surface area contributed by atoms with Gasteiger partial charge in [0.1, 0.15) is 0 Å². The van der Waals surface area contributed by atoms with Gasteiger partial charge in [-0.15, -0.1) is 11.3 Å². The lowest BCUT2D eigenvalue weighted by atomic mass is 10.1. The molecule has 0 aliphatic heterocycles. The van der Waals surface area contributed by atoms with Crippen LogP contribution in [0.25, 0.3) is 0 Å². The van der Waals surface area contributed by atoms with Crippen molar-refractivity contribution in [3.05, 3.63) is 11.1 Å². The molecule has 110 valence electrons. The highest BCUT2D eigenvalue weighted by molar-refractivity contribution is 7.91. The Hall–Kier alpha value is -0.700. The Morgan fingerprint density at radius 3 is 2.58 bits per heavy atom. The third kappa shape index (κ3) is 5.85. The molecule has 3 N–H and O–H groups in total. The van der Waals surface area contributed by atoms with Crippen molar-refractivity contribution in [2.45, 2.75) is 46.2 Å². The summed E-state index contributed by atoms with van der Waals surface area (Å²) in [6, 6.07) is 0.107. The normalized spacial score (nSPS) is 14.4. The minimum absolute atomic E-state index is 0.107. The fourth-order valence-corrected chi connectivity index (χ4v) is 3.79. The molecule has 0 bridgehead atoms. The zero-order valence-electron chi connectivity index (χ0n) is 11.9. The van der Waals surface area contributed by atoms with E-state index in [9.17, 15) is 8.42 Å². The average Bonchev–Trinajstić information content (AvgIpc) is 2.61. The van der Waals surface area contributed by atoms with E-state index in [0.717, 1.165) is 12.2 Å². The van der Waals surface area contributed by atoms with Gasteiger partial charge in [0.25, 0.3) is 0 Å². The number of anilines is 1. The monoisotopic (exact) mass is 306 g/mol. The van der Waals surface area contributed by atoms with Crippen molar-refractivity contribution in [3.63, 3.8) is 0 Å². The Kier molecular flexibility index (Phi) is 5.31. The van der Waals surface area contributed by atoms with Crippen LogP contribution in [0.15, 0.2) is 5.38 Å². The summed E-state index contributed by atoms with van der Waals surface area (Å²) in [5.74, 6) is 0. The minimum Gasteiger partial charge on any atom is -0.309 e. The number of hydrogen-bond acceptors (Lipinski definition) is 5. The first-order valence-corrected chi connectivity index (χ1v) is 8.50. The summed E-state index contributed by atoms with van der Waals surface area (Å²) in [6.07, 6.45) is 0. The first kappa shape index (κ1) is 16.4. The predicted molar refractivity (Wildman–Crippen MR) is 79.6 cm³/mol. The maximum absolute atomic E-state index is 11.8. The summed E-state index contributed by atoms with van der Waals surface area (Å²) in [5, 5.41) is 5.45. The molecule has 1 aromatic rings. The molecule has 1 atom stereocenters. The molecular formula is C11H22N4O2S2. The van der Waals surface area contributed by atoms with E-state index in [-0.39, 0.29) is 6.04 Å². The highest BCUT2D eigenvalue weighted by Crippen LogP contribution is 2.21. The second kappa shape index (κ2) is 6.17. The molecule has 1 rings (SSSR count). The highest BCUT2D eigenvalue weighted by Gasteiger charge is 2.21. The quantitative estimate of drug-likeness (QED) is 0.749. The van der Waals surface area contributed by atoms with Crippen LogP contribution in [-0.2, 0) is 10.2 Å². The standard InChI is InChI=1S/C11H22N4O2S2/c1-6-12-8(2)9-7-18-10(13-9)14-19(16,17)15-11(3,4)5/h7-8,12,15H,6H2,1-5H3,(H,13,14). The molecule has 0 aromatic carbocycles. The van der Waals surface area contributed by atoms with E-state index in [1.54, 1.807) is 20.8 Å². The van der Waals surface area contributed by atoms with E-state index in [0.29, 0.717) is 5.13 Å². The van der Waals surface area contributed by atoms with Gasteiger partial charge in [-0.1, -0.05) is 6.92 Å². The van der Waals surface area contributed by atoms with Gasteiger partial charge in [0.2, 0.25) is 0 Å². The van der Waals surface area contributed by atoms with Crippen LogP contribution in [0.5, 0.6) is 0 Å². The van der Waals surface area contributed by atoms with Gasteiger partial charge in [-0.25, -0.2) is 9.71 Å². The fourth-order valence-electron chi connectivity index (χ4n) is 1.49. The van der Waals surface area contributed by atoms with Crippen LogP contribution in [0, 0.1) is 0 Å². The summed E-state index contributed by atoms with van der Waals surface area (Å²) in [4.78, 5) is 4.27. The molecule has 0 aliphatic carbocycles. The van der Waals surface area contributed by atoms with Gasteiger partial charge < -0.3 is 5.32 Å². The van der Waals surface area contributed by atoms with Crippen LogP contribution in [0.4, 0.5) is 5.13 Å². The summed E-state index contributed by atoms with van der Waals surface area (Å²) in [5.41, 5.74) is 0.309. The SMILES string of the molecule is CCNC(C)c1csc(NS(=O)(=O)NC(C)(C)C)n1. The molecule has 6 nitrogen and oxygen atoms in total. The zero-order valence-corrected chi connectivity index (χ0v) is 13.6. The van der Waals surface area contributed by atoms with E-state index in [1.165, 1.54) is 11.3 Å². The Morgan fingerprint density at radius 2 is 2.05 bits per heavy atom. The smallest absolute Gasteiger partial charge is 0.301 e. The van der Waals surface area contributed by atoms with Crippen molar-refractivity contribution in [2.75, 3.05) is 11.3 Å². The summed E-state index contributed by atoms with van der Waals surface area (Å²) < 4.78 is 28.7. The number of nitrogens with zero attached hydrogens (tertiary/aromatic N) is 1. The average molecular weight is 306 g/mol. The summed E-state index contributed by atoms with van der Waals surface area (Å²) >= 11 is 1.28. The van der Waals surface area contributed by atoms with Gasteiger partial charge >= 0.3 is 10.2 Å². The Labute approximate surface area is 119 Å². The number of thiazole rings is 1. The molecule has 1 aromatic heterocycles. The van der Waals surface area contributed by atoms with Gasteiger partial charge in [0, 0.05) is 17.0 Å². The van der Waals surface area contributed by atoms with Crippen molar-refractivity contribution < 1.29 is 8.42 Å². The molecule has 0 spiro atoms. The topological polar surface area (TPSA) is 83.1 Å². The van der Waals surface area contributed by atoms with E-state index >= 15 is 0 Å². The largest absolute Gasteiger partial charge is 0.309 e. The Morgan fingerprint density at radius 1 is 1.42 bits per heavy atom. The molecule has 19 heavy (non-hydrogen) atoms. The highest BCUT2D eigenvalue weighted by atomic mass is 32.2. The van der Waals surface area contributed by atoms with E-state index < -0.39 is 15.7 Å². The number of nitrogens with one attached hydrogen (secondary N) is 3. The van der Waals surface area contributed by atoms with Gasteiger partial charge in [0.05, 0.1) is 5.69 Å². The number of hydrogen-bond donors (Lipinski definition) is 3. The first-order chi connectivity index (χ1) is 8.63. The third-order valence-electron chi connectivity index (χ3n) is 2.14. The van der Waals surface area contributed by atoms with Crippen LogP contribution in [-0.4, -0.2) is 25.5 Å². The van der Waals surface area contributed by atoms with Crippen molar-refractivity contribution in [2.24, 2.45) is 0 Å². The van der Waals surface area contributed by atoms with Crippen molar-refractivity contribution >= 4 is 26.7 Å². The van der Waals surface area contributed by atoms with Gasteiger partial charge in [0.15, 0.2) is 5.13 Å². The maximum Gasteiger partial charge on any atom is 0.301 e. The molecule has 0 fully saturated rings. The predicted octanol–water partition coefficient (Wildman–Crippen LogP) is 1.86. The summed E-state index contributed by atoms with van der Waals surface area (Å²) in [6.45, 7) is 10.2. The molecule has 0 aliphatic rings. The molecule has 1 heterocycles. The second-order valence-electron chi connectivity index (χ2n) is 5.31. The first-order valence-electron chi connectivity index (χ1n) is 6.13. The molecule has 0 saturated carbocycles. The van der Waals surface area contributed by atoms with Gasteiger partial charge in [-0.3, -0.25) is 0 Å². The lowest BCUT2D eigenvalue weighted by Gasteiger charge is -2.20. The molecule has 8 heteroatoms. The van der Waals surface area contributed by atoms with E-state index in [2.05, 4.69) is 19.7 Å².